The normalized spacial score (nSPS) is 12.4. The van der Waals surface area contributed by atoms with Gasteiger partial charge in [0.1, 0.15) is 11.2 Å². The molecule has 0 aliphatic carbocycles. The molecule has 15 aromatic rings. The van der Waals surface area contributed by atoms with Crippen molar-refractivity contribution < 1.29 is 8.83 Å². The number of hydrogen-bond donors (Lipinski definition) is 0. The predicted molar refractivity (Wildman–Crippen MR) is 320 cm³/mol. The summed E-state index contributed by atoms with van der Waals surface area (Å²) in [6.45, 7) is 11.3. The maximum atomic E-state index is 10.8. The van der Waals surface area contributed by atoms with Crippen molar-refractivity contribution in [3.8, 4) is 39.7 Å². The first-order valence-corrected chi connectivity index (χ1v) is 26.4. The minimum absolute atomic E-state index is 0.577. The molecule has 0 N–H and O–H groups in total. The topological polar surface area (TPSA) is 64.9 Å². The smallest absolute Gasteiger partial charge is 0.160 e. The lowest BCUT2D eigenvalue weighted by Crippen LogP contribution is -2.31. The number of rotatable bonds is 7. The number of fused-ring (bicyclic) bond motifs is 15. The molecule has 6 heteroatoms. The summed E-state index contributed by atoms with van der Waals surface area (Å²) >= 11 is 0. The third-order valence-corrected chi connectivity index (χ3v) is 16.4. The van der Waals surface area contributed by atoms with Gasteiger partial charge in [-0.1, -0.05) is 157 Å². The number of nitrogens with zero attached hydrogens (tertiary/aromatic N) is 4. The molecule has 77 heavy (non-hydrogen) atoms. The largest absolute Gasteiger partial charge is 0.454 e. The molecule has 0 unspecified atom stereocenters. The van der Waals surface area contributed by atoms with E-state index >= 15 is 0 Å². The summed E-state index contributed by atoms with van der Waals surface area (Å²) < 4.78 is 21.7. The van der Waals surface area contributed by atoms with Crippen molar-refractivity contribution in [2.75, 3.05) is 0 Å². The van der Waals surface area contributed by atoms with E-state index in [1.807, 2.05) is 24.3 Å². The quantitative estimate of drug-likeness (QED) is 0.160. The van der Waals surface area contributed by atoms with E-state index in [0.29, 0.717) is 5.56 Å². The van der Waals surface area contributed by atoms with Crippen molar-refractivity contribution in [3.05, 3.63) is 234 Å². The Labute approximate surface area is 444 Å². The van der Waals surface area contributed by atoms with Crippen molar-refractivity contribution in [1.29, 1.82) is 5.26 Å². The monoisotopic (exact) mass is 990 g/mol. The first-order chi connectivity index (χ1) is 37.7. The number of aromatic nitrogens is 3. The second kappa shape index (κ2) is 16.6. The molecule has 0 aliphatic rings. The Morgan fingerprint density at radius 1 is 0.468 bits per heavy atom. The number of hydrogen-bond acceptors (Lipinski definition) is 3. The lowest BCUT2D eigenvalue weighted by molar-refractivity contribution is 0.444. The molecule has 10 aromatic carbocycles. The molecular weight excluding hydrogens is 941 g/mol. The molecule has 0 saturated carbocycles. The van der Waals surface area contributed by atoms with E-state index in [1.54, 1.807) is 0 Å². The average molecular weight is 991 g/mol. The van der Waals surface area contributed by atoms with Gasteiger partial charge in [-0.25, -0.2) is 0 Å². The Balaban J connectivity index is 1.25. The van der Waals surface area contributed by atoms with Gasteiger partial charge >= 0.3 is 0 Å². The van der Waals surface area contributed by atoms with Crippen LogP contribution in [0.3, 0.4) is 0 Å². The first kappa shape index (κ1) is 44.6. The number of furan rings is 2. The predicted octanol–water partition coefficient (Wildman–Crippen LogP) is 19.3. The molecule has 15 rings (SSSR count). The summed E-state index contributed by atoms with van der Waals surface area (Å²) in [5.74, 6) is 0. The summed E-state index contributed by atoms with van der Waals surface area (Å²) in [7, 11) is 0. The highest BCUT2D eigenvalue weighted by Crippen LogP contribution is 2.53. The second-order valence-electron chi connectivity index (χ2n) is 21.1. The molecular formula is C71H50N4O2. The van der Waals surface area contributed by atoms with Gasteiger partial charge in [0.25, 0.3) is 0 Å². The molecule has 366 valence electrons. The fraction of sp³-hybridized carbons (Fsp3) is 0.0845. The van der Waals surface area contributed by atoms with Crippen LogP contribution in [0.1, 0.15) is 48.7 Å². The van der Waals surface area contributed by atoms with Crippen molar-refractivity contribution in [2.45, 2.75) is 40.2 Å². The van der Waals surface area contributed by atoms with Crippen LogP contribution in [0.4, 0.5) is 0 Å². The lowest BCUT2D eigenvalue weighted by atomic mass is 9.78. The fourth-order valence-electron chi connectivity index (χ4n) is 13.3. The third-order valence-electron chi connectivity index (χ3n) is 16.4. The zero-order chi connectivity index (χ0) is 51.8. The van der Waals surface area contributed by atoms with Gasteiger partial charge in [0.2, 0.25) is 0 Å². The highest BCUT2D eigenvalue weighted by atomic mass is 16.3. The minimum Gasteiger partial charge on any atom is -0.454 e. The molecule has 0 amide bonds. The Morgan fingerprint density at radius 3 is 1.49 bits per heavy atom. The Hall–Kier alpha value is -9.83. The van der Waals surface area contributed by atoms with Crippen molar-refractivity contribution in [3.63, 3.8) is 0 Å². The zero-order valence-electron chi connectivity index (χ0n) is 43.3. The van der Waals surface area contributed by atoms with Gasteiger partial charge in [-0.3, -0.25) is 0 Å². The van der Waals surface area contributed by atoms with Crippen molar-refractivity contribution in [2.24, 2.45) is 0 Å². The maximum absolute atomic E-state index is 10.8. The van der Waals surface area contributed by atoms with Gasteiger partial charge in [0.15, 0.2) is 11.2 Å². The van der Waals surface area contributed by atoms with Crippen LogP contribution in [0.5, 0.6) is 0 Å². The second-order valence-corrected chi connectivity index (χ2v) is 21.1. The van der Waals surface area contributed by atoms with Gasteiger partial charge in [-0.15, -0.1) is 0 Å². The molecule has 0 radical (unpaired) electrons. The molecule has 0 bridgehead atoms. The van der Waals surface area contributed by atoms with E-state index in [1.165, 1.54) is 10.9 Å². The van der Waals surface area contributed by atoms with E-state index in [2.05, 4.69) is 242 Å². The van der Waals surface area contributed by atoms with Crippen LogP contribution in [-0.2, 0) is 5.54 Å². The maximum Gasteiger partial charge on any atom is 0.160 e. The van der Waals surface area contributed by atoms with Gasteiger partial charge in [0.05, 0.1) is 50.6 Å². The van der Waals surface area contributed by atoms with E-state index in [0.717, 1.165) is 143 Å². The molecule has 0 spiro atoms. The van der Waals surface area contributed by atoms with E-state index < -0.39 is 5.54 Å². The fourth-order valence-corrected chi connectivity index (χ4v) is 13.3. The van der Waals surface area contributed by atoms with Crippen molar-refractivity contribution in [1.82, 2.24) is 13.7 Å². The molecule has 0 atom stereocenters. The summed E-state index contributed by atoms with van der Waals surface area (Å²) in [6.07, 6.45) is 4.39. The molecule has 5 aromatic heterocycles. The van der Waals surface area contributed by atoms with Gasteiger partial charge in [0, 0.05) is 76.4 Å². The van der Waals surface area contributed by atoms with Gasteiger partial charge < -0.3 is 22.5 Å². The van der Waals surface area contributed by atoms with Crippen LogP contribution in [0.15, 0.2) is 215 Å². The summed E-state index contributed by atoms with van der Waals surface area (Å²) in [5.41, 5.74) is 18.8. The van der Waals surface area contributed by atoms with Crippen LogP contribution in [0, 0.1) is 25.2 Å². The van der Waals surface area contributed by atoms with Gasteiger partial charge in [-0.2, -0.15) is 5.26 Å². The van der Waals surface area contributed by atoms with Crippen LogP contribution in [0.25, 0.3) is 138 Å². The summed E-state index contributed by atoms with van der Waals surface area (Å²) in [4.78, 5) is 0. The van der Waals surface area contributed by atoms with Crippen LogP contribution in [-0.4, -0.2) is 13.7 Å². The SMILES string of the molecule is C/C=C\c1c(C)n(C(C)(C)c2c(-c3cccc(C)c3)c(-n3c4ccccc4c4ccc5c6ccccc6oc5c43)cc(-n3c4ccccc4c4ccc5c6ccccc6oc5c43)c2-c2cccc(C#N)c2)c2ccccc12. The van der Waals surface area contributed by atoms with Crippen LogP contribution in [0.2, 0.25) is 0 Å². The van der Waals surface area contributed by atoms with Crippen LogP contribution >= 0.6 is 0 Å². The van der Waals surface area contributed by atoms with E-state index in [-0.39, 0.29) is 0 Å². The summed E-state index contributed by atoms with van der Waals surface area (Å²) in [6, 6.07) is 74.2. The van der Waals surface area contributed by atoms with Crippen molar-refractivity contribution >= 4 is 104 Å². The highest BCUT2D eigenvalue weighted by Gasteiger charge is 2.38. The highest BCUT2D eigenvalue weighted by molar-refractivity contribution is 6.24. The zero-order valence-corrected chi connectivity index (χ0v) is 43.3. The Kier molecular flexibility index (Phi) is 9.62. The standard InChI is InChI=1S/C71H50N4O2/c1-6-19-47-43(3)75(59-31-14-9-24-48(47)59)71(4,5)66-64(45-22-17-20-42(2)38-45)60(73-57-29-12-7-25-49(57)53-34-36-55-51-27-10-15-32-62(51)76-69(55)67(53)73)40-61(65(66)46-23-18-21-44(39-46)41-72)74-58-30-13-8-26-50(58)54-35-37-56-52-28-11-16-33-63(52)77-70(56)68(54)74/h6-40H,1-5H3/b19-6-. The number of para-hydroxylation sites is 5. The van der Waals surface area contributed by atoms with Gasteiger partial charge in [-0.05, 0) is 112 Å². The first-order valence-electron chi connectivity index (χ1n) is 26.4. The molecule has 0 fully saturated rings. The summed E-state index contributed by atoms with van der Waals surface area (Å²) in [5, 5.41) is 20.7. The Bertz CT molecular complexity index is 5070. The molecule has 6 nitrogen and oxygen atoms in total. The van der Waals surface area contributed by atoms with E-state index in [9.17, 15) is 5.26 Å². The minimum atomic E-state index is -0.813. The molecule has 0 saturated heterocycles. The number of aryl methyl sites for hydroxylation is 1. The number of benzene rings is 10. The van der Waals surface area contributed by atoms with Crippen LogP contribution < -0.4 is 0 Å². The van der Waals surface area contributed by atoms with E-state index in [4.69, 9.17) is 8.83 Å². The average Bonchev–Trinajstić information content (AvgIpc) is 4.48. The number of nitriles is 1. The number of allylic oxidation sites excluding steroid dienone is 1. The lowest BCUT2D eigenvalue weighted by Gasteiger charge is -2.37. The third kappa shape index (κ3) is 6.29. The molecule has 5 heterocycles. The Morgan fingerprint density at radius 2 is 0.948 bits per heavy atom. The molecule has 0 aliphatic heterocycles.